The third-order valence-corrected chi connectivity index (χ3v) is 2.57. The van der Waals surface area contributed by atoms with Gasteiger partial charge < -0.3 is 10.1 Å². The summed E-state index contributed by atoms with van der Waals surface area (Å²) in [6, 6.07) is 8.95. The first-order valence-electron chi connectivity index (χ1n) is 6.31. The summed E-state index contributed by atoms with van der Waals surface area (Å²) in [6.45, 7) is 7.11. The van der Waals surface area contributed by atoms with Crippen molar-refractivity contribution in [1.29, 1.82) is 0 Å². The molecule has 0 heterocycles. The molecule has 0 bridgehead atoms. The number of halogens is 1. The fourth-order valence-electron chi connectivity index (χ4n) is 1.27. The van der Waals surface area contributed by atoms with Gasteiger partial charge in [-0.15, -0.1) is 0 Å². The number of rotatable bonds is 4. The van der Waals surface area contributed by atoms with E-state index in [-0.39, 0.29) is 5.17 Å². The molecule has 110 valence electrons. The molecule has 0 aliphatic carbocycles. The van der Waals surface area contributed by atoms with Crippen LogP contribution in [0.3, 0.4) is 0 Å². The van der Waals surface area contributed by atoms with Crippen LogP contribution in [0.25, 0.3) is 0 Å². The van der Waals surface area contributed by atoms with Gasteiger partial charge in [0.1, 0.15) is 10.8 Å². The van der Waals surface area contributed by atoms with Crippen LogP contribution in [-0.2, 0) is 4.74 Å². The second-order valence-electron chi connectivity index (χ2n) is 5.28. The minimum Gasteiger partial charge on any atom is -0.444 e. The minimum absolute atomic E-state index is 0.236. The van der Waals surface area contributed by atoms with E-state index in [1.165, 1.54) is 0 Å². The Morgan fingerprint density at radius 1 is 1.30 bits per heavy atom. The number of nitrogens with one attached hydrogen (secondary N) is 2. The molecule has 20 heavy (non-hydrogen) atoms. The molecule has 0 aliphatic rings. The summed E-state index contributed by atoms with van der Waals surface area (Å²) < 4.78 is 5.14. The standard InChI is InChI=1S/C14H20ClN3O2/c1-10(16-13(19)20-14(2,3)4)12(15)18-17-11-8-6-5-7-9-11/h5-10,17H,1-4H3,(H,16,19)/b18-12+/t10-/m0/s1. The average molecular weight is 298 g/mol. The van der Waals surface area contributed by atoms with Crippen molar-refractivity contribution >= 4 is 28.6 Å². The number of anilines is 1. The highest BCUT2D eigenvalue weighted by Gasteiger charge is 2.19. The first-order chi connectivity index (χ1) is 9.28. The van der Waals surface area contributed by atoms with Gasteiger partial charge in [-0.2, -0.15) is 5.10 Å². The summed E-state index contributed by atoms with van der Waals surface area (Å²) in [6.07, 6.45) is -0.530. The van der Waals surface area contributed by atoms with Crippen LogP contribution in [0, 0.1) is 0 Å². The molecule has 0 aromatic heterocycles. The monoisotopic (exact) mass is 297 g/mol. The van der Waals surface area contributed by atoms with Crippen LogP contribution in [0.15, 0.2) is 35.4 Å². The molecule has 0 saturated carbocycles. The predicted molar refractivity (Wildman–Crippen MR) is 82.2 cm³/mol. The van der Waals surface area contributed by atoms with Gasteiger partial charge in [0.15, 0.2) is 0 Å². The van der Waals surface area contributed by atoms with Crippen LogP contribution in [-0.4, -0.2) is 22.9 Å². The predicted octanol–water partition coefficient (Wildman–Crippen LogP) is 3.56. The Morgan fingerprint density at radius 3 is 2.45 bits per heavy atom. The third kappa shape index (κ3) is 6.43. The van der Waals surface area contributed by atoms with Gasteiger partial charge >= 0.3 is 6.09 Å². The van der Waals surface area contributed by atoms with Crippen LogP contribution in [0.5, 0.6) is 0 Å². The number of hydrogen-bond donors (Lipinski definition) is 2. The third-order valence-electron chi connectivity index (χ3n) is 2.16. The van der Waals surface area contributed by atoms with E-state index in [4.69, 9.17) is 16.3 Å². The molecule has 0 aliphatic heterocycles. The highest BCUT2D eigenvalue weighted by molar-refractivity contribution is 6.66. The fraction of sp³-hybridized carbons (Fsp3) is 0.429. The molecule has 1 rings (SSSR count). The number of hydrazone groups is 1. The maximum absolute atomic E-state index is 11.6. The van der Waals surface area contributed by atoms with Gasteiger partial charge in [-0.1, -0.05) is 29.8 Å². The lowest BCUT2D eigenvalue weighted by Gasteiger charge is -2.21. The molecule has 0 saturated heterocycles. The number of para-hydroxylation sites is 1. The summed E-state index contributed by atoms with van der Waals surface area (Å²) in [5.41, 5.74) is 3.08. The zero-order chi connectivity index (χ0) is 15.2. The molecule has 0 radical (unpaired) electrons. The molecule has 1 aromatic carbocycles. The van der Waals surface area contributed by atoms with Gasteiger partial charge in [-0.25, -0.2) is 4.79 Å². The Hall–Kier alpha value is -1.75. The molecule has 0 spiro atoms. The van der Waals surface area contributed by atoms with Crippen molar-refractivity contribution in [3.63, 3.8) is 0 Å². The van der Waals surface area contributed by atoms with Crippen molar-refractivity contribution in [1.82, 2.24) is 5.32 Å². The van der Waals surface area contributed by atoms with Crippen molar-refractivity contribution in [3.8, 4) is 0 Å². The second-order valence-corrected chi connectivity index (χ2v) is 5.67. The minimum atomic E-state index is -0.546. The number of amides is 1. The Kier molecular flexibility index (Phi) is 5.82. The summed E-state index contributed by atoms with van der Waals surface area (Å²) in [4.78, 5) is 11.6. The molecule has 1 atom stereocenters. The van der Waals surface area contributed by atoms with Crippen LogP contribution in [0.1, 0.15) is 27.7 Å². The molecule has 6 heteroatoms. The number of carbonyl (C=O) groups excluding carboxylic acids is 1. The quantitative estimate of drug-likeness (QED) is 0.660. The molecule has 5 nitrogen and oxygen atoms in total. The number of benzene rings is 1. The molecule has 0 fully saturated rings. The van der Waals surface area contributed by atoms with E-state index in [2.05, 4.69) is 15.8 Å². The maximum atomic E-state index is 11.6. The molecule has 1 amide bonds. The second kappa shape index (κ2) is 7.14. The first-order valence-corrected chi connectivity index (χ1v) is 6.69. The summed E-state index contributed by atoms with van der Waals surface area (Å²) >= 11 is 6.01. The van der Waals surface area contributed by atoms with E-state index in [9.17, 15) is 4.79 Å². The van der Waals surface area contributed by atoms with Crippen LogP contribution in [0.4, 0.5) is 10.5 Å². The highest BCUT2D eigenvalue weighted by Crippen LogP contribution is 2.08. The number of carbonyl (C=O) groups is 1. The van der Waals surface area contributed by atoms with Gasteiger partial charge in [0.2, 0.25) is 0 Å². The van der Waals surface area contributed by atoms with Gasteiger partial charge in [-0.3, -0.25) is 5.43 Å². The summed E-state index contributed by atoms with van der Waals surface area (Å²) in [7, 11) is 0. The lowest BCUT2D eigenvalue weighted by atomic mass is 10.2. The van der Waals surface area contributed by atoms with Crippen LogP contribution in [0.2, 0.25) is 0 Å². The molecule has 0 unspecified atom stereocenters. The zero-order valence-corrected chi connectivity index (χ0v) is 12.9. The van der Waals surface area contributed by atoms with Crippen molar-refractivity contribution in [2.45, 2.75) is 39.3 Å². The Morgan fingerprint density at radius 2 is 1.90 bits per heavy atom. The van der Waals surface area contributed by atoms with E-state index in [1.54, 1.807) is 27.7 Å². The normalized spacial score (nSPS) is 13.6. The van der Waals surface area contributed by atoms with E-state index in [1.807, 2.05) is 30.3 Å². The summed E-state index contributed by atoms with van der Waals surface area (Å²) in [5.74, 6) is 0. The van der Waals surface area contributed by atoms with Crippen LogP contribution >= 0.6 is 11.6 Å². The van der Waals surface area contributed by atoms with Crippen LogP contribution < -0.4 is 10.7 Å². The van der Waals surface area contributed by atoms with Crippen molar-refractivity contribution in [3.05, 3.63) is 30.3 Å². The van der Waals surface area contributed by atoms with Crippen molar-refractivity contribution in [2.24, 2.45) is 5.10 Å². The number of ether oxygens (including phenoxy) is 1. The lowest BCUT2D eigenvalue weighted by molar-refractivity contribution is 0.0521. The van der Waals surface area contributed by atoms with E-state index in [0.29, 0.717) is 0 Å². The SMILES string of the molecule is C[C@H](NC(=O)OC(C)(C)C)/C(Cl)=N\Nc1ccccc1. The van der Waals surface area contributed by atoms with Gasteiger partial charge in [0.05, 0.1) is 11.7 Å². The number of alkyl carbamates (subject to hydrolysis) is 1. The van der Waals surface area contributed by atoms with Gasteiger partial charge in [0, 0.05) is 0 Å². The number of hydrogen-bond acceptors (Lipinski definition) is 4. The largest absolute Gasteiger partial charge is 0.444 e. The Balaban J connectivity index is 2.50. The smallest absolute Gasteiger partial charge is 0.408 e. The zero-order valence-electron chi connectivity index (χ0n) is 12.1. The Labute approximate surface area is 124 Å². The topological polar surface area (TPSA) is 62.7 Å². The molecular formula is C14H20ClN3O2. The van der Waals surface area contributed by atoms with Crippen molar-refractivity contribution in [2.75, 3.05) is 5.43 Å². The molecule has 1 aromatic rings. The van der Waals surface area contributed by atoms with Gasteiger partial charge in [0.25, 0.3) is 0 Å². The molecule has 2 N–H and O–H groups in total. The fourth-order valence-corrected chi connectivity index (χ4v) is 1.37. The Bertz CT molecular complexity index is 469. The van der Waals surface area contributed by atoms with Crippen molar-refractivity contribution < 1.29 is 9.53 Å². The lowest BCUT2D eigenvalue weighted by Crippen LogP contribution is -2.40. The summed E-state index contributed by atoms with van der Waals surface area (Å²) in [5, 5.41) is 6.85. The highest BCUT2D eigenvalue weighted by atomic mass is 35.5. The van der Waals surface area contributed by atoms with Gasteiger partial charge in [-0.05, 0) is 39.8 Å². The first kappa shape index (κ1) is 16.3. The maximum Gasteiger partial charge on any atom is 0.408 e. The number of nitrogens with zero attached hydrogens (tertiary/aromatic N) is 1. The van der Waals surface area contributed by atoms with E-state index >= 15 is 0 Å². The molecular weight excluding hydrogens is 278 g/mol. The average Bonchev–Trinajstić information content (AvgIpc) is 2.34. The van der Waals surface area contributed by atoms with E-state index < -0.39 is 17.7 Å². The van der Waals surface area contributed by atoms with E-state index in [0.717, 1.165) is 5.69 Å².